The number of aromatic hydroxyl groups is 1. The summed E-state index contributed by atoms with van der Waals surface area (Å²) in [6.45, 7) is 0. The van der Waals surface area contributed by atoms with Gasteiger partial charge < -0.3 is 14.9 Å². The van der Waals surface area contributed by atoms with Crippen molar-refractivity contribution in [2.75, 3.05) is 7.11 Å². The fourth-order valence-corrected chi connectivity index (χ4v) is 1.61. The summed E-state index contributed by atoms with van der Waals surface area (Å²) < 4.78 is 4.88. The molecule has 5 nitrogen and oxygen atoms in total. The first-order valence-electron chi connectivity index (χ1n) is 5.18. The monoisotopic (exact) mass is 245 g/mol. The third-order valence-corrected chi connectivity index (χ3v) is 2.45. The van der Waals surface area contributed by atoms with Crippen molar-refractivity contribution in [3.63, 3.8) is 0 Å². The van der Waals surface area contributed by atoms with E-state index in [1.807, 2.05) is 0 Å². The molecule has 0 saturated heterocycles. The van der Waals surface area contributed by atoms with Gasteiger partial charge in [0.1, 0.15) is 11.3 Å². The summed E-state index contributed by atoms with van der Waals surface area (Å²) in [6, 6.07) is 7.97. The minimum atomic E-state index is -1.11. The Balaban J connectivity index is 2.53. The average molecular weight is 245 g/mol. The van der Waals surface area contributed by atoms with Crippen LogP contribution in [0.5, 0.6) is 11.6 Å². The lowest BCUT2D eigenvalue weighted by Crippen LogP contribution is -2.02. The molecule has 0 radical (unpaired) electrons. The number of methoxy groups -OCH3 is 1. The lowest BCUT2D eigenvalue weighted by molar-refractivity contribution is 0.0692. The number of benzene rings is 1. The number of pyridine rings is 1. The Hall–Kier alpha value is -2.56. The quantitative estimate of drug-likeness (QED) is 0.866. The maximum absolute atomic E-state index is 11.1. The first kappa shape index (κ1) is 11.9. The van der Waals surface area contributed by atoms with Crippen LogP contribution in [0.2, 0.25) is 0 Å². The topological polar surface area (TPSA) is 79.7 Å². The van der Waals surface area contributed by atoms with Gasteiger partial charge in [-0.2, -0.15) is 0 Å². The molecule has 0 amide bonds. The van der Waals surface area contributed by atoms with Crippen molar-refractivity contribution in [2.24, 2.45) is 0 Å². The number of aromatic nitrogens is 1. The lowest BCUT2D eigenvalue weighted by Gasteiger charge is -2.07. The zero-order valence-corrected chi connectivity index (χ0v) is 9.62. The minimum Gasteiger partial charge on any atom is -0.508 e. The molecule has 1 aromatic heterocycles. The fraction of sp³-hybridized carbons (Fsp3) is 0.0769. The van der Waals surface area contributed by atoms with Crippen molar-refractivity contribution in [1.29, 1.82) is 0 Å². The first-order chi connectivity index (χ1) is 8.61. The maximum atomic E-state index is 11.1. The number of carboxylic acids is 1. The van der Waals surface area contributed by atoms with Crippen LogP contribution < -0.4 is 4.74 Å². The minimum absolute atomic E-state index is 0.0154. The molecule has 18 heavy (non-hydrogen) atoms. The van der Waals surface area contributed by atoms with E-state index in [2.05, 4.69) is 4.98 Å². The van der Waals surface area contributed by atoms with Gasteiger partial charge >= 0.3 is 5.97 Å². The lowest BCUT2D eigenvalue weighted by atomic mass is 10.1. The summed E-state index contributed by atoms with van der Waals surface area (Å²) in [5.41, 5.74) is 1.27. The molecule has 0 saturated carbocycles. The van der Waals surface area contributed by atoms with Crippen LogP contribution in [0, 0.1) is 0 Å². The highest BCUT2D eigenvalue weighted by molar-refractivity contribution is 5.91. The normalized spacial score (nSPS) is 10.1. The van der Waals surface area contributed by atoms with Gasteiger partial charge in [-0.1, -0.05) is 12.1 Å². The van der Waals surface area contributed by atoms with Crippen LogP contribution in [0.15, 0.2) is 36.5 Å². The van der Waals surface area contributed by atoms with Crippen LogP contribution in [0.4, 0.5) is 0 Å². The van der Waals surface area contributed by atoms with E-state index < -0.39 is 5.97 Å². The molecule has 1 aromatic carbocycles. The molecule has 92 valence electrons. The Morgan fingerprint density at radius 1 is 1.28 bits per heavy atom. The van der Waals surface area contributed by atoms with Crippen molar-refractivity contribution >= 4 is 5.97 Å². The van der Waals surface area contributed by atoms with Crippen LogP contribution in [0.1, 0.15) is 10.4 Å². The van der Waals surface area contributed by atoms with Crippen molar-refractivity contribution < 1.29 is 19.7 Å². The second kappa shape index (κ2) is 4.75. The van der Waals surface area contributed by atoms with E-state index in [-0.39, 0.29) is 17.2 Å². The molecule has 0 bridgehead atoms. The van der Waals surface area contributed by atoms with Gasteiger partial charge in [0, 0.05) is 11.8 Å². The highest BCUT2D eigenvalue weighted by Gasteiger charge is 2.13. The smallest absolute Gasteiger partial charge is 0.341 e. The molecule has 0 unspecified atom stereocenters. The molecular weight excluding hydrogens is 234 g/mol. The Labute approximate surface area is 103 Å². The van der Waals surface area contributed by atoms with Crippen molar-refractivity contribution in [3.05, 3.63) is 42.1 Å². The standard InChI is InChI=1S/C13H11NO4/c1-18-12-11(13(16)17)6-9(7-14-12)8-3-2-4-10(15)5-8/h2-7,15H,1H3,(H,16,17). The Bertz CT molecular complexity index is 595. The molecule has 0 fully saturated rings. The Morgan fingerprint density at radius 3 is 2.67 bits per heavy atom. The second-order valence-electron chi connectivity index (χ2n) is 3.64. The van der Waals surface area contributed by atoms with Gasteiger partial charge in [-0.3, -0.25) is 0 Å². The van der Waals surface area contributed by atoms with Crippen LogP contribution >= 0.6 is 0 Å². The summed E-state index contributed by atoms with van der Waals surface area (Å²) in [5, 5.41) is 18.4. The molecule has 0 aliphatic heterocycles. The van der Waals surface area contributed by atoms with E-state index in [9.17, 15) is 9.90 Å². The fourth-order valence-electron chi connectivity index (χ4n) is 1.61. The van der Waals surface area contributed by atoms with Gasteiger partial charge in [0.2, 0.25) is 5.88 Å². The van der Waals surface area contributed by atoms with E-state index in [1.165, 1.54) is 25.4 Å². The van der Waals surface area contributed by atoms with E-state index in [0.717, 1.165) is 0 Å². The van der Waals surface area contributed by atoms with Gasteiger partial charge in [0.05, 0.1) is 7.11 Å². The first-order valence-corrected chi connectivity index (χ1v) is 5.18. The molecule has 0 aliphatic rings. The molecule has 0 aliphatic carbocycles. The van der Waals surface area contributed by atoms with E-state index in [0.29, 0.717) is 11.1 Å². The summed E-state index contributed by atoms with van der Waals surface area (Å²) in [4.78, 5) is 15.0. The molecular formula is C13H11NO4. The number of carbonyl (C=O) groups is 1. The van der Waals surface area contributed by atoms with Crippen LogP contribution in [-0.2, 0) is 0 Å². The van der Waals surface area contributed by atoms with Gasteiger partial charge in [-0.25, -0.2) is 9.78 Å². The molecule has 2 aromatic rings. The highest BCUT2D eigenvalue weighted by Crippen LogP contribution is 2.26. The second-order valence-corrected chi connectivity index (χ2v) is 3.64. The van der Waals surface area contributed by atoms with Gasteiger partial charge in [0.15, 0.2) is 0 Å². The zero-order chi connectivity index (χ0) is 13.1. The predicted molar refractivity (Wildman–Crippen MR) is 64.8 cm³/mol. The molecule has 0 atom stereocenters. The molecule has 2 N–H and O–H groups in total. The van der Waals surface area contributed by atoms with E-state index in [4.69, 9.17) is 9.84 Å². The average Bonchev–Trinajstić information content (AvgIpc) is 2.38. The van der Waals surface area contributed by atoms with Crippen LogP contribution in [-0.4, -0.2) is 28.3 Å². The third-order valence-electron chi connectivity index (χ3n) is 2.45. The highest BCUT2D eigenvalue weighted by atomic mass is 16.5. The Kier molecular flexibility index (Phi) is 3.14. The molecule has 2 rings (SSSR count). The largest absolute Gasteiger partial charge is 0.508 e. The van der Waals surface area contributed by atoms with Gasteiger partial charge in [-0.15, -0.1) is 0 Å². The number of aromatic carboxylic acids is 1. The predicted octanol–water partition coefficient (Wildman–Crippen LogP) is 2.16. The SMILES string of the molecule is COc1ncc(-c2cccc(O)c2)cc1C(=O)O. The van der Waals surface area contributed by atoms with Crippen molar-refractivity contribution in [2.45, 2.75) is 0 Å². The number of hydrogen-bond acceptors (Lipinski definition) is 4. The van der Waals surface area contributed by atoms with E-state index >= 15 is 0 Å². The van der Waals surface area contributed by atoms with Gasteiger partial charge in [-0.05, 0) is 23.8 Å². The van der Waals surface area contributed by atoms with Crippen molar-refractivity contribution in [3.8, 4) is 22.8 Å². The number of phenols is 1. The van der Waals surface area contributed by atoms with E-state index in [1.54, 1.807) is 18.2 Å². The van der Waals surface area contributed by atoms with Crippen LogP contribution in [0.3, 0.4) is 0 Å². The number of rotatable bonds is 3. The summed E-state index contributed by atoms with van der Waals surface area (Å²) in [7, 11) is 1.36. The molecule has 5 heteroatoms. The summed E-state index contributed by atoms with van der Waals surface area (Å²) in [5.74, 6) is -0.937. The summed E-state index contributed by atoms with van der Waals surface area (Å²) in [6.07, 6.45) is 1.50. The van der Waals surface area contributed by atoms with Gasteiger partial charge in [0.25, 0.3) is 0 Å². The third kappa shape index (κ3) is 2.24. The number of ether oxygens (including phenoxy) is 1. The zero-order valence-electron chi connectivity index (χ0n) is 9.62. The number of phenolic OH excluding ortho intramolecular Hbond substituents is 1. The number of nitrogens with zero attached hydrogens (tertiary/aromatic N) is 1. The van der Waals surface area contributed by atoms with Crippen molar-refractivity contribution in [1.82, 2.24) is 4.98 Å². The Morgan fingerprint density at radius 2 is 2.06 bits per heavy atom. The number of hydrogen-bond donors (Lipinski definition) is 2. The molecule has 1 heterocycles. The molecule has 0 spiro atoms. The number of carboxylic acid groups (broad SMARTS) is 1. The maximum Gasteiger partial charge on any atom is 0.341 e. The van der Waals surface area contributed by atoms with Crippen LogP contribution in [0.25, 0.3) is 11.1 Å². The summed E-state index contributed by atoms with van der Waals surface area (Å²) >= 11 is 0.